The third-order valence-electron chi connectivity index (χ3n) is 3.98. The summed E-state index contributed by atoms with van der Waals surface area (Å²) in [5.74, 6) is 0.951. The Bertz CT molecular complexity index is 464. The van der Waals surface area contributed by atoms with E-state index in [0.717, 1.165) is 25.6 Å². The highest BCUT2D eigenvalue weighted by atomic mass is 127. The highest BCUT2D eigenvalue weighted by molar-refractivity contribution is 14.0. The van der Waals surface area contributed by atoms with Crippen molar-refractivity contribution in [2.45, 2.75) is 51.7 Å². The number of hydrogen-bond donors (Lipinski definition) is 2. The fourth-order valence-corrected chi connectivity index (χ4v) is 2.87. The van der Waals surface area contributed by atoms with E-state index in [9.17, 15) is 0 Å². The molecular formula is C18H31IN4. The van der Waals surface area contributed by atoms with Gasteiger partial charge in [-0.25, -0.2) is 4.99 Å². The number of halogens is 1. The van der Waals surface area contributed by atoms with Crippen molar-refractivity contribution < 1.29 is 0 Å². The van der Waals surface area contributed by atoms with Crippen LogP contribution in [0.25, 0.3) is 0 Å². The van der Waals surface area contributed by atoms with Gasteiger partial charge < -0.3 is 15.5 Å². The van der Waals surface area contributed by atoms with Crippen LogP contribution in [0.4, 0.5) is 0 Å². The minimum Gasteiger partial charge on any atom is -0.357 e. The highest BCUT2D eigenvalue weighted by Gasteiger charge is 2.15. The first kappa shape index (κ1) is 20.2. The van der Waals surface area contributed by atoms with Gasteiger partial charge in [0, 0.05) is 19.1 Å². The first-order valence-corrected chi connectivity index (χ1v) is 8.44. The summed E-state index contributed by atoms with van der Waals surface area (Å²) >= 11 is 0. The molecule has 5 heteroatoms. The molecule has 4 nitrogen and oxygen atoms in total. The summed E-state index contributed by atoms with van der Waals surface area (Å²) in [6, 6.07) is 9.35. The average Bonchev–Trinajstić information content (AvgIpc) is 2.99. The maximum Gasteiger partial charge on any atom is 0.191 e. The quantitative estimate of drug-likeness (QED) is 0.413. The van der Waals surface area contributed by atoms with Gasteiger partial charge in [-0.15, -0.1) is 24.0 Å². The molecule has 0 atom stereocenters. The Morgan fingerprint density at radius 3 is 2.30 bits per heavy atom. The molecule has 0 aromatic heterocycles. The van der Waals surface area contributed by atoms with Gasteiger partial charge in [0.05, 0.1) is 6.54 Å². The van der Waals surface area contributed by atoms with Gasteiger partial charge in [-0.1, -0.05) is 37.1 Å². The number of hydrogen-bond acceptors (Lipinski definition) is 2. The molecule has 2 rings (SSSR count). The molecule has 0 radical (unpaired) electrons. The van der Waals surface area contributed by atoms with E-state index in [4.69, 9.17) is 4.99 Å². The maximum atomic E-state index is 4.72. The fourth-order valence-electron chi connectivity index (χ4n) is 2.87. The normalized spacial score (nSPS) is 15.6. The number of aliphatic imine (C=N–C) groups is 1. The predicted octanol–water partition coefficient (Wildman–Crippen LogP) is 3.36. The summed E-state index contributed by atoms with van der Waals surface area (Å²) in [7, 11) is 4.19. The fraction of sp³-hybridized carbons (Fsp3) is 0.611. The van der Waals surface area contributed by atoms with Crippen molar-refractivity contribution in [2.75, 3.05) is 20.6 Å². The molecule has 1 aliphatic rings. The summed E-state index contributed by atoms with van der Waals surface area (Å²) in [6.07, 6.45) is 5.21. The van der Waals surface area contributed by atoms with Crippen LogP contribution in [-0.4, -0.2) is 37.5 Å². The van der Waals surface area contributed by atoms with Crippen LogP contribution in [0.1, 0.15) is 43.7 Å². The van der Waals surface area contributed by atoms with Gasteiger partial charge in [-0.3, -0.25) is 0 Å². The lowest BCUT2D eigenvalue weighted by Gasteiger charge is -2.16. The van der Waals surface area contributed by atoms with E-state index >= 15 is 0 Å². The number of rotatable bonds is 6. The van der Waals surface area contributed by atoms with Gasteiger partial charge in [0.15, 0.2) is 5.96 Å². The van der Waals surface area contributed by atoms with Crippen molar-refractivity contribution in [3.05, 3.63) is 35.4 Å². The molecule has 130 valence electrons. The zero-order valence-electron chi connectivity index (χ0n) is 14.6. The SMILES string of the molecule is CCNC(=NCc1ccc(CN(C)C)cc1)NC1CCCC1.I. The van der Waals surface area contributed by atoms with Crippen LogP contribution in [0.3, 0.4) is 0 Å². The minimum absolute atomic E-state index is 0. The molecule has 1 aliphatic carbocycles. The van der Waals surface area contributed by atoms with Crippen molar-refractivity contribution in [3.63, 3.8) is 0 Å². The Kier molecular flexibility index (Phi) is 9.55. The van der Waals surface area contributed by atoms with Crippen LogP contribution in [0.15, 0.2) is 29.3 Å². The van der Waals surface area contributed by atoms with Gasteiger partial charge >= 0.3 is 0 Å². The van der Waals surface area contributed by atoms with Crippen LogP contribution in [-0.2, 0) is 13.1 Å². The standard InChI is InChI=1S/C18H30N4.HI/c1-4-19-18(21-17-7-5-6-8-17)20-13-15-9-11-16(12-10-15)14-22(2)3;/h9-12,17H,4-8,13-14H2,1-3H3,(H2,19,20,21);1H. The van der Waals surface area contributed by atoms with Crippen molar-refractivity contribution >= 4 is 29.9 Å². The van der Waals surface area contributed by atoms with Crippen LogP contribution >= 0.6 is 24.0 Å². The molecular weight excluding hydrogens is 399 g/mol. The summed E-state index contributed by atoms with van der Waals surface area (Å²) in [4.78, 5) is 6.90. The molecule has 0 amide bonds. The molecule has 2 N–H and O–H groups in total. The van der Waals surface area contributed by atoms with Crippen molar-refractivity contribution in [3.8, 4) is 0 Å². The van der Waals surface area contributed by atoms with Gasteiger partial charge in [0.2, 0.25) is 0 Å². The van der Waals surface area contributed by atoms with E-state index in [1.807, 2.05) is 0 Å². The first-order valence-electron chi connectivity index (χ1n) is 8.44. The van der Waals surface area contributed by atoms with Gasteiger partial charge in [-0.05, 0) is 45.0 Å². The lowest BCUT2D eigenvalue weighted by Crippen LogP contribution is -2.42. The van der Waals surface area contributed by atoms with Crippen LogP contribution in [0.5, 0.6) is 0 Å². The Labute approximate surface area is 158 Å². The summed E-state index contributed by atoms with van der Waals surface area (Å²) < 4.78 is 0. The Morgan fingerprint density at radius 2 is 1.74 bits per heavy atom. The van der Waals surface area contributed by atoms with E-state index in [1.165, 1.54) is 36.8 Å². The van der Waals surface area contributed by atoms with Crippen LogP contribution in [0, 0.1) is 0 Å². The van der Waals surface area contributed by atoms with E-state index in [2.05, 4.69) is 60.8 Å². The molecule has 0 unspecified atom stereocenters. The average molecular weight is 430 g/mol. The largest absolute Gasteiger partial charge is 0.357 e. The second-order valence-corrected chi connectivity index (χ2v) is 6.38. The van der Waals surface area contributed by atoms with Crippen molar-refractivity contribution in [1.29, 1.82) is 0 Å². The van der Waals surface area contributed by atoms with Crippen LogP contribution < -0.4 is 10.6 Å². The predicted molar refractivity (Wildman–Crippen MR) is 109 cm³/mol. The Morgan fingerprint density at radius 1 is 1.13 bits per heavy atom. The zero-order chi connectivity index (χ0) is 15.8. The Balaban J connectivity index is 0.00000264. The second kappa shape index (κ2) is 10.9. The number of guanidine groups is 1. The number of nitrogens with one attached hydrogen (secondary N) is 2. The lowest BCUT2D eigenvalue weighted by molar-refractivity contribution is 0.402. The minimum atomic E-state index is 0. The molecule has 0 saturated heterocycles. The first-order chi connectivity index (χ1) is 10.7. The van der Waals surface area contributed by atoms with Crippen LogP contribution in [0.2, 0.25) is 0 Å². The van der Waals surface area contributed by atoms with Gasteiger partial charge in [0.25, 0.3) is 0 Å². The molecule has 0 heterocycles. The van der Waals surface area contributed by atoms with Gasteiger partial charge in [0.1, 0.15) is 0 Å². The van der Waals surface area contributed by atoms with E-state index < -0.39 is 0 Å². The molecule has 23 heavy (non-hydrogen) atoms. The molecule has 1 aromatic rings. The summed E-state index contributed by atoms with van der Waals surface area (Å²) in [6.45, 7) is 4.72. The summed E-state index contributed by atoms with van der Waals surface area (Å²) in [5.41, 5.74) is 2.60. The maximum absolute atomic E-state index is 4.72. The number of benzene rings is 1. The third-order valence-corrected chi connectivity index (χ3v) is 3.98. The molecule has 1 saturated carbocycles. The molecule has 1 aromatic carbocycles. The molecule has 0 spiro atoms. The van der Waals surface area contributed by atoms with E-state index in [1.54, 1.807) is 0 Å². The van der Waals surface area contributed by atoms with E-state index in [-0.39, 0.29) is 24.0 Å². The molecule has 0 aliphatic heterocycles. The molecule has 0 bridgehead atoms. The topological polar surface area (TPSA) is 39.7 Å². The smallest absolute Gasteiger partial charge is 0.191 e. The third kappa shape index (κ3) is 7.52. The molecule has 1 fully saturated rings. The Hall–Kier alpha value is -0.820. The monoisotopic (exact) mass is 430 g/mol. The highest BCUT2D eigenvalue weighted by Crippen LogP contribution is 2.17. The van der Waals surface area contributed by atoms with Gasteiger partial charge in [-0.2, -0.15) is 0 Å². The summed E-state index contributed by atoms with van der Waals surface area (Å²) in [5, 5.41) is 6.91. The zero-order valence-corrected chi connectivity index (χ0v) is 17.0. The van der Waals surface area contributed by atoms with E-state index in [0.29, 0.717) is 6.04 Å². The lowest BCUT2D eigenvalue weighted by atomic mass is 10.1. The van der Waals surface area contributed by atoms with Crippen molar-refractivity contribution in [1.82, 2.24) is 15.5 Å². The number of nitrogens with zero attached hydrogens (tertiary/aromatic N) is 2. The second-order valence-electron chi connectivity index (χ2n) is 6.38. The van der Waals surface area contributed by atoms with Crippen molar-refractivity contribution in [2.24, 2.45) is 4.99 Å².